The van der Waals surface area contributed by atoms with Crippen molar-refractivity contribution in [2.45, 2.75) is 52.6 Å². The van der Waals surface area contributed by atoms with Gasteiger partial charge in [-0.15, -0.1) is 0 Å². The van der Waals surface area contributed by atoms with Gasteiger partial charge in [-0.05, 0) is 18.6 Å². The van der Waals surface area contributed by atoms with E-state index in [2.05, 4.69) is 33.4 Å². The van der Waals surface area contributed by atoms with Crippen LogP contribution in [0.5, 0.6) is 0 Å². The van der Waals surface area contributed by atoms with Crippen molar-refractivity contribution in [3.05, 3.63) is 0 Å². The van der Waals surface area contributed by atoms with Crippen molar-refractivity contribution in [1.82, 2.24) is 0 Å². The molecule has 0 aliphatic carbocycles. The predicted molar refractivity (Wildman–Crippen MR) is 131 cm³/mol. The number of hydrogen-bond acceptors (Lipinski definition) is 9. The molecule has 2 aliphatic heterocycles. The van der Waals surface area contributed by atoms with Gasteiger partial charge < -0.3 is 26.6 Å². The zero-order valence-electron chi connectivity index (χ0n) is 19.4. The van der Waals surface area contributed by atoms with Gasteiger partial charge in [-0.2, -0.15) is 12.6 Å². The van der Waals surface area contributed by atoms with E-state index in [1.54, 1.807) is 6.92 Å². The summed E-state index contributed by atoms with van der Waals surface area (Å²) in [7, 11) is -5.35. The van der Waals surface area contributed by atoms with Gasteiger partial charge in [0.15, 0.2) is 5.12 Å². The third kappa shape index (κ3) is 10.2. The summed E-state index contributed by atoms with van der Waals surface area (Å²) in [6.45, 7) is 11.7. The van der Waals surface area contributed by atoms with Crippen LogP contribution in [0.25, 0.3) is 0 Å². The summed E-state index contributed by atoms with van der Waals surface area (Å²) in [6, 6.07) is 1.53. The average Bonchev–Trinajstić information content (AvgIpc) is 2.76. The Hall–Kier alpha value is 0.564. The monoisotopic (exact) mass is 512 g/mol. The minimum absolute atomic E-state index is 0.138. The van der Waals surface area contributed by atoms with Crippen LogP contribution in [0.3, 0.4) is 0 Å². The van der Waals surface area contributed by atoms with Crippen molar-refractivity contribution in [1.29, 1.82) is 0 Å². The van der Waals surface area contributed by atoms with Gasteiger partial charge in [-0.1, -0.05) is 32.5 Å². The van der Waals surface area contributed by atoms with E-state index in [9.17, 15) is 4.79 Å². The summed E-state index contributed by atoms with van der Waals surface area (Å²) in [5.41, 5.74) is 0. The fourth-order valence-electron chi connectivity index (χ4n) is 3.24. The molecule has 0 radical (unpaired) electrons. The number of rotatable bonds is 13. The number of carbonyl (C=O) groups excluding carboxylic acids is 1. The zero-order chi connectivity index (χ0) is 22.7. The molecule has 0 aromatic heterocycles. The van der Waals surface area contributed by atoms with Crippen LogP contribution in [-0.4, -0.2) is 73.9 Å². The van der Waals surface area contributed by atoms with Crippen LogP contribution in [0.4, 0.5) is 0 Å². The van der Waals surface area contributed by atoms with E-state index in [-0.39, 0.29) is 11.0 Å². The van der Waals surface area contributed by atoms with Crippen LogP contribution in [0.1, 0.15) is 40.5 Å². The number of thioether (sulfide) groups is 1. The van der Waals surface area contributed by atoms with Crippen molar-refractivity contribution in [3.8, 4) is 0 Å². The fraction of sp³-hybridized carbons (Fsp3) is 0.950. The Morgan fingerprint density at radius 2 is 1.42 bits per heavy atom. The molecule has 2 rings (SSSR count). The highest BCUT2D eigenvalue weighted by Gasteiger charge is 2.46. The Bertz CT molecular complexity index is 522. The van der Waals surface area contributed by atoms with Crippen molar-refractivity contribution >= 4 is 47.1 Å². The van der Waals surface area contributed by atoms with Gasteiger partial charge in [0, 0.05) is 82.2 Å². The van der Waals surface area contributed by atoms with E-state index in [0.717, 1.165) is 36.4 Å². The molecule has 1 unspecified atom stereocenters. The highest BCUT2D eigenvalue weighted by Crippen LogP contribution is 2.28. The summed E-state index contributed by atoms with van der Waals surface area (Å²) in [6.07, 6.45) is 1.76. The maximum atomic E-state index is 11.2. The zero-order valence-corrected chi connectivity index (χ0v) is 23.1. The smallest absolute Gasteiger partial charge is 0.373 e. The summed E-state index contributed by atoms with van der Waals surface area (Å²) < 4.78 is 37.0. The molecule has 11 heteroatoms. The van der Waals surface area contributed by atoms with Crippen molar-refractivity contribution < 1.29 is 31.4 Å². The van der Waals surface area contributed by atoms with Crippen molar-refractivity contribution in [2.24, 2.45) is 17.8 Å². The molecule has 0 bridgehead atoms. The van der Waals surface area contributed by atoms with E-state index in [4.69, 9.17) is 26.6 Å². The topological polar surface area (TPSA) is 72.5 Å². The third-order valence-electron chi connectivity index (χ3n) is 5.10. The first-order chi connectivity index (χ1) is 14.8. The molecule has 2 saturated heterocycles. The molecule has 7 nitrogen and oxygen atoms in total. The van der Waals surface area contributed by atoms with E-state index in [1.807, 2.05) is 0 Å². The van der Waals surface area contributed by atoms with Crippen LogP contribution in [0.2, 0.25) is 12.1 Å². The first-order valence-electron chi connectivity index (χ1n) is 11.4. The molecule has 2 aliphatic rings. The molecule has 31 heavy (non-hydrogen) atoms. The lowest BCUT2D eigenvalue weighted by Gasteiger charge is -2.38. The molecule has 0 aromatic carbocycles. The lowest BCUT2D eigenvalue weighted by molar-refractivity contribution is -0.109. The van der Waals surface area contributed by atoms with Gasteiger partial charge in [0.05, 0.1) is 0 Å². The highest BCUT2D eigenvalue weighted by molar-refractivity contribution is 8.13. The molecular formula is C20H40O7S2Si2. The Kier molecular flexibility index (Phi) is 12.6. The highest BCUT2D eigenvalue weighted by atomic mass is 32.2. The maximum Gasteiger partial charge on any atom is 0.501 e. The van der Waals surface area contributed by atoms with Crippen LogP contribution < -0.4 is 0 Å². The van der Waals surface area contributed by atoms with Crippen molar-refractivity contribution in [2.75, 3.05) is 51.1 Å². The summed E-state index contributed by atoms with van der Waals surface area (Å²) in [5.74, 6) is 2.49. The Balaban J connectivity index is 1.83. The minimum atomic E-state index is -2.72. The Labute approximate surface area is 199 Å². The quantitative estimate of drug-likeness (QED) is 0.226. The Morgan fingerprint density at radius 1 is 0.968 bits per heavy atom. The first-order valence-corrected chi connectivity index (χ1v) is 16.8. The minimum Gasteiger partial charge on any atom is -0.373 e. The SMILES string of the molecule is CC(=O)SCCC[Si]1(OCC(C)CO[Si]2(CCCS)OCC(C)CO2)OCC(C)CO1. The summed E-state index contributed by atoms with van der Waals surface area (Å²) in [4.78, 5) is 11.2. The second-order valence-electron chi connectivity index (χ2n) is 8.82. The van der Waals surface area contributed by atoms with Gasteiger partial charge in [0.1, 0.15) is 0 Å². The molecule has 1 atom stereocenters. The van der Waals surface area contributed by atoms with E-state index in [0.29, 0.717) is 51.5 Å². The second-order valence-corrected chi connectivity index (χ2v) is 16.0. The van der Waals surface area contributed by atoms with Gasteiger partial charge >= 0.3 is 17.6 Å². The van der Waals surface area contributed by atoms with E-state index in [1.165, 1.54) is 11.8 Å². The lowest BCUT2D eigenvalue weighted by Crippen LogP contribution is -2.53. The van der Waals surface area contributed by atoms with E-state index >= 15 is 0 Å². The van der Waals surface area contributed by atoms with Crippen LogP contribution in [0.15, 0.2) is 0 Å². The first kappa shape index (κ1) is 27.8. The lowest BCUT2D eigenvalue weighted by atomic mass is 10.2. The predicted octanol–water partition coefficient (Wildman–Crippen LogP) is 3.89. The van der Waals surface area contributed by atoms with E-state index < -0.39 is 17.6 Å². The number of thiol groups is 1. The van der Waals surface area contributed by atoms with Gasteiger partial charge in [-0.25, -0.2) is 0 Å². The summed E-state index contributed by atoms with van der Waals surface area (Å²) >= 11 is 5.67. The molecular weight excluding hydrogens is 473 g/mol. The van der Waals surface area contributed by atoms with Crippen LogP contribution in [-0.2, 0) is 31.4 Å². The van der Waals surface area contributed by atoms with Crippen molar-refractivity contribution in [3.63, 3.8) is 0 Å². The molecule has 2 fully saturated rings. The molecule has 0 saturated carbocycles. The summed E-state index contributed by atoms with van der Waals surface area (Å²) in [5, 5.41) is 0.138. The standard InChI is InChI=1S/C20H40O7S2Si2/c1-17-11-22-30(23-12-17,9-5-7-28)24-13-18(2)14-25-31(10-6-8-29-20(4)21)26-15-19(3)16-27-31/h17-19,28H,5-16H2,1-4H3. The largest absolute Gasteiger partial charge is 0.501 e. The molecule has 0 amide bonds. The van der Waals surface area contributed by atoms with Gasteiger partial charge in [-0.3, -0.25) is 4.79 Å². The fourth-order valence-corrected chi connectivity index (χ4v) is 10.3. The number of carbonyl (C=O) groups is 1. The molecule has 0 aromatic rings. The Morgan fingerprint density at radius 3 is 1.84 bits per heavy atom. The van der Waals surface area contributed by atoms with Crippen LogP contribution in [0, 0.1) is 17.8 Å². The second kappa shape index (κ2) is 14.1. The molecule has 0 N–H and O–H groups in total. The van der Waals surface area contributed by atoms with Crippen LogP contribution >= 0.6 is 24.4 Å². The average molecular weight is 513 g/mol. The third-order valence-corrected chi connectivity index (χ3v) is 11.9. The molecule has 182 valence electrons. The maximum absolute atomic E-state index is 11.2. The van der Waals surface area contributed by atoms with Gasteiger partial charge in [0.2, 0.25) is 0 Å². The molecule has 0 spiro atoms. The van der Waals surface area contributed by atoms with Gasteiger partial charge in [0.25, 0.3) is 0 Å². The normalized spacial score (nSPS) is 32.7. The molecule has 2 heterocycles. The number of hydrogen-bond donors (Lipinski definition) is 1.